The van der Waals surface area contributed by atoms with Gasteiger partial charge in [0.2, 0.25) is 11.2 Å². The Bertz CT molecular complexity index is 393. The summed E-state index contributed by atoms with van der Waals surface area (Å²) in [7, 11) is 0. The summed E-state index contributed by atoms with van der Waals surface area (Å²) in [5.74, 6) is -0.122. The van der Waals surface area contributed by atoms with Crippen molar-refractivity contribution in [3.8, 4) is 5.88 Å². The first-order valence-corrected chi connectivity index (χ1v) is 4.88. The van der Waals surface area contributed by atoms with Gasteiger partial charge in [0.1, 0.15) is 17.0 Å². The summed E-state index contributed by atoms with van der Waals surface area (Å²) in [6.45, 7) is 5.22. The van der Waals surface area contributed by atoms with Gasteiger partial charge in [-0.05, 0) is 32.4 Å². The van der Waals surface area contributed by atoms with E-state index in [1.54, 1.807) is 20.8 Å². The molecule has 0 fully saturated rings. The summed E-state index contributed by atoms with van der Waals surface area (Å²) in [4.78, 5) is 7.04. The third-order valence-corrected chi connectivity index (χ3v) is 1.69. The highest BCUT2D eigenvalue weighted by Crippen LogP contribution is 2.32. The number of aromatic nitrogens is 2. The summed E-state index contributed by atoms with van der Waals surface area (Å²) in [5, 5.41) is -0.316. The van der Waals surface area contributed by atoms with Gasteiger partial charge in [0.15, 0.2) is 0 Å². The van der Waals surface area contributed by atoms with Gasteiger partial charge in [-0.25, -0.2) is 13.8 Å². The Morgan fingerprint density at radius 3 is 2.31 bits per heavy atom. The van der Waals surface area contributed by atoms with E-state index in [0.717, 1.165) is 0 Å². The lowest BCUT2D eigenvalue weighted by molar-refractivity contribution is 0.121. The van der Waals surface area contributed by atoms with Crippen LogP contribution in [-0.2, 0) is 0 Å². The van der Waals surface area contributed by atoms with Gasteiger partial charge in [-0.15, -0.1) is 0 Å². The lowest BCUT2D eigenvalue weighted by Gasteiger charge is -2.21. The van der Waals surface area contributed by atoms with E-state index in [2.05, 4.69) is 9.97 Å². The number of hydrogen-bond acceptors (Lipinski definition) is 4. The quantitative estimate of drug-likeness (QED) is 0.821. The average Bonchev–Trinajstić information content (AvgIpc) is 2.07. The van der Waals surface area contributed by atoms with Crippen LogP contribution in [0, 0.1) is 0 Å². The van der Waals surface area contributed by atoms with Gasteiger partial charge in [-0.2, -0.15) is 4.98 Å². The lowest BCUT2D eigenvalue weighted by atomic mass is 10.2. The van der Waals surface area contributed by atoms with Gasteiger partial charge >= 0.3 is 0 Å². The molecule has 0 radical (unpaired) electrons. The Labute approximate surface area is 96.8 Å². The molecule has 0 atom stereocenters. The average molecular weight is 252 g/mol. The molecule has 90 valence electrons. The van der Waals surface area contributed by atoms with Crippen molar-refractivity contribution in [1.29, 1.82) is 0 Å². The van der Waals surface area contributed by atoms with Gasteiger partial charge < -0.3 is 10.5 Å². The second kappa shape index (κ2) is 4.37. The van der Waals surface area contributed by atoms with Gasteiger partial charge in [0.25, 0.3) is 6.43 Å². The Balaban J connectivity index is 3.19. The summed E-state index contributed by atoms with van der Waals surface area (Å²) in [5.41, 5.74) is 3.97. The zero-order chi connectivity index (χ0) is 12.5. The maximum atomic E-state index is 12.5. The van der Waals surface area contributed by atoms with Crippen LogP contribution >= 0.6 is 11.6 Å². The summed E-state index contributed by atoms with van der Waals surface area (Å²) in [6.07, 6.45) is -2.82. The predicted octanol–water partition coefficient (Wildman–Crippen LogP) is 2.83. The highest BCUT2D eigenvalue weighted by molar-refractivity contribution is 6.28. The molecule has 0 saturated carbocycles. The maximum absolute atomic E-state index is 12.5. The van der Waals surface area contributed by atoms with Crippen molar-refractivity contribution in [3.05, 3.63) is 11.0 Å². The van der Waals surface area contributed by atoms with E-state index >= 15 is 0 Å². The van der Waals surface area contributed by atoms with E-state index in [1.165, 1.54) is 0 Å². The van der Waals surface area contributed by atoms with Crippen molar-refractivity contribution < 1.29 is 13.5 Å². The minimum atomic E-state index is -2.82. The van der Waals surface area contributed by atoms with Gasteiger partial charge in [-0.1, -0.05) is 0 Å². The minimum Gasteiger partial charge on any atom is -0.470 e. The van der Waals surface area contributed by atoms with Crippen LogP contribution in [-0.4, -0.2) is 15.6 Å². The van der Waals surface area contributed by atoms with Crippen molar-refractivity contribution >= 4 is 17.3 Å². The first-order chi connectivity index (χ1) is 7.20. The molecule has 0 unspecified atom stereocenters. The largest absolute Gasteiger partial charge is 0.470 e. The minimum absolute atomic E-state index is 0.122. The number of rotatable bonds is 2. The zero-order valence-electron chi connectivity index (χ0n) is 9.09. The van der Waals surface area contributed by atoms with E-state index in [1.807, 2.05) is 0 Å². The molecule has 1 aromatic rings. The lowest BCUT2D eigenvalue weighted by Crippen LogP contribution is -2.24. The molecule has 0 spiro atoms. The molecule has 0 aliphatic heterocycles. The summed E-state index contributed by atoms with van der Waals surface area (Å²) < 4.78 is 30.4. The molecule has 0 aromatic carbocycles. The van der Waals surface area contributed by atoms with E-state index in [0.29, 0.717) is 0 Å². The molecule has 4 nitrogen and oxygen atoms in total. The first kappa shape index (κ1) is 12.9. The number of hydrogen-bond donors (Lipinski definition) is 1. The summed E-state index contributed by atoms with van der Waals surface area (Å²) >= 11 is 5.50. The SMILES string of the molecule is CC(C)(C)Oc1nc(Cl)nc(C(F)F)c1N. The Morgan fingerprint density at radius 1 is 1.31 bits per heavy atom. The van der Waals surface area contributed by atoms with Crippen molar-refractivity contribution in [3.63, 3.8) is 0 Å². The molecular formula is C9H12ClF2N3O. The number of ether oxygens (including phenoxy) is 1. The number of nitrogens with zero attached hydrogens (tertiary/aromatic N) is 2. The van der Waals surface area contributed by atoms with Crippen molar-refractivity contribution in [2.75, 3.05) is 5.73 Å². The highest BCUT2D eigenvalue weighted by Gasteiger charge is 2.22. The second-order valence-corrected chi connectivity index (χ2v) is 4.45. The highest BCUT2D eigenvalue weighted by atomic mass is 35.5. The molecule has 2 N–H and O–H groups in total. The third-order valence-electron chi connectivity index (χ3n) is 1.52. The van der Waals surface area contributed by atoms with Gasteiger partial charge in [0, 0.05) is 0 Å². The fourth-order valence-electron chi connectivity index (χ4n) is 0.972. The van der Waals surface area contributed by atoms with Crippen LogP contribution in [0.5, 0.6) is 5.88 Å². The molecule has 0 aliphatic rings. The molecule has 0 amide bonds. The zero-order valence-corrected chi connectivity index (χ0v) is 9.85. The first-order valence-electron chi connectivity index (χ1n) is 4.51. The van der Waals surface area contributed by atoms with E-state index < -0.39 is 17.7 Å². The number of nitrogen functional groups attached to an aromatic ring is 1. The van der Waals surface area contributed by atoms with E-state index in [9.17, 15) is 8.78 Å². The molecule has 1 rings (SSSR count). The maximum Gasteiger partial charge on any atom is 0.282 e. The molecule has 0 saturated heterocycles. The molecular weight excluding hydrogens is 240 g/mol. The molecule has 0 aliphatic carbocycles. The smallest absolute Gasteiger partial charge is 0.282 e. The van der Waals surface area contributed by atoms with Crippen LogP contribution in [0.4, 0.5) is 14.5 Å². The van der Waals surface area contributed by atoms with Crippen molar-refractivity contribution in [2.45, 2.75) is 32.8 Å². The normalized spacial score (nSPS) is 11.9. The van der Waals surface area contributed by atoms with Crippen LogP contribution in [0.15, 0.2) is 0 Å². The topological polar surface area (TPSA) is 61.0 Å². The number of nitrogens with two attached hydrogens (primary N) is 1. The summed E-state index contributed by atoms with van der Waals surface area (Å²) in [6, 6.07) is 0. The molecule has 16 heavy (non-hydrogen) atoms. The van der Waals surface area contributed by atoms with Crippen LogP contribution in [0.3, 0.4) is 0 Å². The predicted molar refractivity (Wildman–Crippen MR) is 56.8 cm³/mol. The molecule has 7 heteroatoms. The number of anilines is 1. The van der Waals surface area contributed by atoms with Gasteiger partial charge in [0.05, 0.1) is 0 Å². The standard InChI is InChI=1S/C9H12ClF2N3O/c1-9(2,3)16-7-4(13)5(6(11)12)14-8(10)15-7/h6H,13H2,1-3H3. The number of halogens is 3. The second-order valence-electron chi connectivity index (χ2n) is 4.11. The van der Waals surface area contributed by atoms with Crippen LogP contribution < -0.4 is 10.5 Å². The Kier molecular flexibility index (Phi) is 3.52. The molecule has 0 bridgehead atoms. The number of alkyl halides is 2. The molecule has 1 aromatic heterocycles. The monoisotopic (exact) mass is 251 g/mol. The third kappa shape index (κ3) is 3.16. The Morgan fingerprint density at radius 2 is 1.88 bits per heavy atom. The van der Waals surface area contributed by atoms with Crippen molar-refractivity contribution in [1.82, 2.24) is 9.97 Å². The van der Waals surface area contributed by atoms with Crippen LogP contribution in [0.2, 0.25) is 5.28 Å². The Hall–Kier alpha value is -1.17. The van der Waals surface area contributed by atoms with Crippen molar-refractivity contribution in [2.24, 2.45) is 0 Å². The fraction of sp³-hybridized carbons (Fsp3) is 0.556. The molecule has 1 heterocycles. The van der Waals surface area contributed by atoms with E-state index in [4.69, 9.17) is 22.1 Å². The van der Waals surface area contributed by atoms with Gasteiger partial charge in [-0.3, -0.25) is 0 Å². The van der Waals surface area contributed by atoms with E-state index in [-0.39, 0.29) is 16.9 Å². The fourth-order valence-corrected chi connectivity index (χ4v) is 1.14. The van der Waals surface area contributed by atoms with Crippen LogP contribution in [0.1, 0.15) is 32.9 Å². The van der Waals surface area contributed by atoms with Crippen LogP contribution in [0.25, 0.3) is 0 Å².